The first kappa shape index (κ1) is 12.2. The standard InChI is InChI=1S/C10H4ClF3N2Si/c11-5-1-2-7-6(3-5)8(16-17)4-9(15-7)10(12,13)14/h1-4H. The summed E-state index contributed by atoms with van der Waals surface area (Å²) in [5.74, 6) is 0. The minimum absolute atomic E-state index is 0.140. The number of hydrogen-bond donors (Lipinski definition) is 0. The van der Waals surface area contributed by atoms with Crippen molar-refractivity contribution < 1.29 is 13.2 Å². The van der Waals surface area contributed by atoms with Crippen LogP contribution < -0.4 is 0 Å². The van der Waals surface area contributed by atoms with E-state index in [0.29, 0.717) is 10.4 Å². The first-order chi connectivity index (χ1) is 7.91. The largest absolute Gasteiger partial charge is 0.433 e. The second-order valence-electron chi connectivity index (χ2n) is 3.30. The van der Waals surface area contributed by atoms with Crippen LogP contribution in [-0.2, 0) is 6.18 Å². The lowest BCUT2D eigenvalue weighted by molar-refractivity contribution is -0.140. The van der Waals surface area contributed by atoms with Crippen LogP contribution in [-0.4, -0.2) is 15.0 Å². The van der Waals surface area contributed by atoms with Gasteiger partial charge in [0, 0.05) is 10.4 Å². The minimum Gasteiger partial charge on any atom is -0.298 e. The number of hydrogen-bond acceptors (Lipinski definition) is 2. The molecule has 2 rings (SSSR count). The maximum Gasteiger partial charge on any atom is 0.433 e. The van der Waals surface area contributed by atoms with Crippen LogP contribution in [0.25, 0.3) is 10.9 Å². The van der Waals surface area contributed by atoms with Crippen molar-refractivity contribution in [2.45, 2.75) is 6.18 Å². The molecule has 2 aromatic rings. The van der Waals surface area contributed by atoms with Crippen molar-refractivity contribution in [3.05, 3.63) is 35.0 Å². The summed E-state index contributed by atoms with van der Waals surface area (Å²) in [6.07, 6.45) is -4.50. The van der Waals surface area contributed by atoms with Gasteiger partial charge in [0.25, 0.3) is 0 Å². The Hall–Kier alpha value is -1.27. The van der Waals surface area contributed by atoms with Crippen molar-refractivity contribution in [1.29, 1.82) is 0 Å². The molecule has 0 aliphatic rings. The summed E-state index contributed by atoms with van der Waals surface area (Å²) >= 11 is 5.77. The first-order valence-corrected chi connectivity index (χ1v) is 5.29. The molecule has 2 nitrogen and oxygen atoms in total. The van der Waals surface area contributed by atoms with Gasteiger partial charge in [-0.05, 0) is 24.3 Å². The molecule has 0 saturated heterocycles. The Morgan fingerprint density at radius 3 is 2.53 bits per heavy atom. The van der Waals surface area contributed by atoms with Crippen LogP contribution in [0.3, 0.4) is 0 Å². The number of aromatic nitrogens is 1. The van der Waals surface area contributed by atoms with Crippen LogP contribution in [0.5, 0.6) is 0 Å². The number of benzene rings is 1. The van der Waals surface area contributed by atoms with Gasteiger partial charge in [0.15, 0.2) is 10.0 Å². The van der Waals surface area contributed by atoms with Gasteiger partial charge in [-0.3, -0.25) is 4.63 Å². The number of pyridine rings is 1. The van der Waals surface area contributed by atoms with E-state index in [1.165, 1.54) is 18.2 Å². The first-order valence-electron chi connectivity index (χ1n) is 4.47. The smallest absolute Gasteiger partial charge is 0.298 e. The quantitative estimate of drug-likeness (QED) is 0.723. The Balaban J connectivity index is 2.79. The number of alkyl halides is 3. The predicted molar refractivity (Wildman–Crippen MR) is 59.6 cm³/mol. The maximum absolute atomic E-state index is 12.6. The highest BCUT2D eigenvalue weighted by Crippen LogP contribution is 2.34. The molecule has 1 heterocycles. The lowest BCUT2D eigenvalue weighted by Gasteiger charge is -2.09. The molecule has 1 aromatic heterocycles. The molecule has 1 aromatic carbocycles. The molecule has 0 bridgehead atoms. The molecule has 0 N–H and O–H groups in total. The van der Waals surface area contributed by atoms with Gasteiger partial charge < -0.3 is 0 Å². The van der Waals surface area contributed by atoms with Crippen LogP contribution in [0.15, 0.2) is 28.9 Å². The second kappa shape index (κ2) is 4.19. The van der Waals surface area contributed by atoms with Gasteiger partial charge in [0.2, 0.25) is 0 Å². The summed E-state index contributed by atoms with van der Waals surface area (Å²) in [6.45, 7) is 0. The van der Waals surface area contributed by atoms with E-state index in [2.05, 4.69) is 19.7 Å². The number of fused-ring (bicyclic) bond motifs is 1. The van der Waals surface area contributed by atoms with Crippen molar-refractivity contribution in [2.24, 2.45) is 4.63 Å². The van der Waals surface area contributed by atoms with Crippen LogP contribution in [0.1, 0.15) is 5.69 Å². The molecule has 0 saturated carbocycles. The van der Waals surface area contributed by atoms with Crippen molar-refractivity contribution in [2.75, 3.05) is 0 Å². The molecule has 17 heavy (non-hydrogen) atoms. The Bertz CT molecular complexity index is 598. The van der Waals surface area contributed by atoms with Crippen molar-refractivity contribution in [3.63, 3.8) is 0 Å². The highest BCUT2D eigenvalue weighted by atomic mass is 35.5. The normalized spacial score (nSPS) is 11.8. The summed E-state index contributed by atoms with van der Waals surface area (Å²) in [5, 5.41) is 0.871. The average Bonchev–Trinajstić information content (AvgIpc) is 2.26. The van der Waals surface area contributed by atoms with Crippen molar-refractivity contribution in [1.82, 2.24) is 4.98 Å². The fourth-order valence-corrected chi connectivity index (χ4v) is 1.78. The lowest BCUT2D eigenvalue weighted by Crippen LogP contribution is -2.07. The molecule has 2 radical (unpaired) electrons. The third-order valence-electron chi connectivity index (χ3n) is 2.16. The Morgan fingerprint density at radius 2 is 1.94 bits per heavy atom. The van der Waals surface area contributed by atoms with Gasteiger partial charge in [-0.15, -0.1) is 0 Å². The van der Waals surface area contributed by atoms with E-state index in [1.807, 2.05) is 0 Å². The fourth-order valence-electron chi connectivity index (χ4n) is 1.42. The Kier molecular flexibility index (Phi) is 3.01. The highest BCUT2D eigenvalue weighted by molar-refractivity contribution is 6.31. The van der Waals surface area contributed by atoms with E-state index in [-0.39, 0.29) is 11.2 Å². The van der Waals surface area contributed by atoms with Crippen molar-refractivity contribution >= 4 is 38.2 Å². The maximum atomic E-state index is 12.6. The third kappa shape index (κ3) is 2.37. The molecule has 0 atom stereocenters. The topological polar surface area (TPSA) is 25.2 Å². The molecule has 0 unspecified atom stereocenters. The van der Waals surface area contributed by atoms with Gasteiger partial charge >= 0.3 is 6.18 Å². The summed E-state index contributed by atoms with van der Waals surface area (Å²) in [6, 6.07) is 5.29. The zero-order valence-corrected chi connectivity index (χ0v) is 9.97. The summed E-state index contributed by atoms with van der Waals surface area (Å²) < 4.78 is 41.3. The van der Waals surface area contributed by atoms with Crippen molar-refractivity contribution in [3.8, 4) is 0 Å². The molecular formula is C10H4ClF3N2Si. The average molecular weight is 273 g/mol. The van der Waals surface area contributed by atoms with E-state index in [4.69, 9.17) is 11.6 Å². The molecule has 0 fully saturated rings. The van der Waals surface area contributed by atoms with Gasteiger partial charge in [-0.25, -0.2) is 4.98 Å². The molecule has 0 aliphatic heterocycles. The fraction of sp³-hybridized carbons (Fsp3) is 0.100. The monoisotopic (exact) mass is 272 g/mol. The zero-order valence-electron chi connectivity index (χ0n) is 8.22. The predicted octanol–water partition coefficient (Wildman–Crippen LogP) is 3.89. The zero-order chi connectivity index (χ0) is 12.6. The van der Waals surface area contributed by atoms with Gasteiger partial charge in [-0.1, -0.05) is 11.6 Å². The molecule has 0 amide bonds. The highest BCUT2D eigenvalue weighted by Gasteiger charge is 2.33. The molecule has 7 heteroatoms. The van der Waals surface area contributed by atoms with Crippen LogP contribution in [0.4, 0.5) is 18.9 Å². The van der Waals surface area contributed by atoms with Gasteiger partial charge in [0.05, 0.1) is 11.2 Å². The third-order valence-corrected chi connectivity index (χ3v) is 2.64. The van der Waals surface area contributed by atoms with E-state index >= 15 is 0 Å². The molecular weight excluding hydrogens is 269 g/mol. The minimum atomic E-state index is -4.50. The van der Waals surface area contributed by atoms with Gasteiger partial charge in [0.1, 0.15) is 5.69 Å². The molecule has 0 aliphatic carbocycles. The number of rotatable bonds is 1. The molecule has 0 spiro atoms. The van der Waals surface area contributed by atoms with Gasteiger partial charge in [-0.2, -0.15) is 13.2 Å². The summed E-state index contributed by atoms with van der Waals surface area (Å²) in [7, 11) is 2.84. The van der Waals surface area contributed by atoms with E-state index in [9.17, 15) is 13.2 Å². The van der Waals surface area contributed by atoms with E-state index in [0.717, 1.165) is 6.07 Å². The summed E-state index contributed by atoms with van der Waals surface area (Å²) in [4.78, 5) is 3.53. The van der Waals surface area contributed by atoms with Crippen LogP contribution in [0, 0.1) is 0 Å². The van der Waals surface area contributed by atoms with E-state index < -0.39 is 11.9 Å². The van der Waals surface area contributed by atoms with Crippen LogP contribution >= 0.6 is 11.6 Å². The Morgan fingerprint density at radius 1 is 1.24 bits per heavy atom. The lowest BCUT2D eigenvalue weighted by atomic mass is 10.1. The SMILES string of the molecule is FC(F)(F)c1cc(N=[Si])c2cc(Cl)ccc2n1. The number of nitrogens with zero attached hydrogens (tertiary/aromatic N) is 2. The molecule has 86 valence electrons. The van der Waals surface area contributed by atoms with E-state index in [1.54, 1.807) is 0 Å². The number of halogens is 4. The summed E-state index contributed by atoms with van der Waals surface area (Å²) in [5.41, 5.74) is -0.646. The Labute approximate surface area is 103 Å². The second-order valence-corrected chi connectivity index (χ2v) is 3.96. The van der Waals surface area contributed by atoms with Crippen LogP contribution in [0.2, 0.25) is 5.02 Å².